The molecule has 4 aromatic rings. The fraction of sp³-hybridized carbons (Fsp3) is 0.563. The lowest BCUT2D eigenvalue weighted by Gasteiger charge is -2.31. The van der Waals surface area contributed by atoms with Crippen LogP contribution in [0.15, 0.2) is 116 Å². The van der Waals surface area contributed by atoms with Crippen LogP contribution in [-0.2, 0) is 91.0 Å². The summed E-state index contributed by atoms with van der Waals surface area (Å²) in [4.78, 5) is 157. The summed E-state index contributed by atoms with van der Waals surface area (Å²) in [6.07, 6.45) is 23.8. The monoisotopic (exact) mass is 1620 g/mol. The number of esters is 3. The number of amides is 8. The summed E-state index contributed by atoms with van der Waals surface area (Å²) in [5.41, 5.74) is 7.86. The summed E-state index contributed by atoms with van der Waals surface area (Å²) in [6, 6.07) is 21.4. The molecule has 4 aromatic carbocycles. The summed E-state index contributed by atoms with van der Waals surface area (Å²) >= 11 is 0. The molecule has 8 rings (SSSR count). The van der Waals surface area contributed by atoms with Crippen LogP contribution in [0.3, 0.4) is 0 Å². The molecule has 115 heavy (non-hydrogen) atoms. The van der Waals surface area contributed by atoms with E-state index in [-0.39, 0.29) is 97.4 Å². The summed E-state index contributed by atoms with van der Waals surface area (Å²) < 4.78 is 21.1. The average Bonchev–Trinajstić information content (AvgIpc) is 1.12. The van der Waals surface area contributed by atoms with Crippen LogP contribution < -0.4 is 53.0 Å². The number of hydrogen-bond donors (Lipinski definition) is 11. The second-order valence-electron chi connectivity index (χ2n) is 31.0. The van der Waals surface area contributed by atoms with Crippen molar-refractivity contribution in [2.75, 3.05) is 27.4 Å². The van der Waals surface area contributed by atoms with E-state index in [9.17, 15) is 67.7 Å². The first-order chi connectivity index (χ1) is 54.7. The van der Waals surface area contributed by atoms with Crippen LogP contribution in [0.2, 0.25) is 0 Å². The maximum absolute atomic E-state index is 14.1. The molecule has 1 heterocycles. The molecule has 0 spiro atoms. The van der Waals surface area contributed by atoms with Gasteiger partial charge in [0.1, 0.15) is 53.1 Å². The number of nitrogens with two attached hydrogens (primary N) is 1. The van der Waals surface area contributed by atoms with Gasteiger partial charge in [0, 0.05) is 32.1 Å². The molecule has 3 fully saturated rings. The number of carbonyl (C=O) groups excluding carboxylic acids is 12. The van der Waals surface area contributed by atoms with Gasteiger partial charge in [0.25, 0.3) is 5.91 Å². The van der Waals surface area contributed by atoms with Crippen LogP contribution in [0.25, 0.3) is 0 Å². The third-order valence-corrected chi connectivity index (χ3v) is 20.7. The number of phenols is 2. The predicted molar refractivity (Wildman–Crippen MR) is 438 cm³/mol. The molecule has 27 nitrogen and oxygen atoms in total. The molecule has 12 N–H and O–H groups in total. The first-order valence-electron chi connectivity index (χ1n) is 40.7. The van der Waals surface area contributed by atoms with Crippen LogP contribution in [-0.4, -0.2) is 156 Å². The SMILES string of the molecule is C=CCCCCC(=O)N[C@H](C(=O)N[C@@H](Cc1cccc(O)c1)C(=O)OC)C1CCCCC1.CCCC(NC(=O)[C@@H]1Cc2cccc(c2)OCCCCCCC(=O)N[C@@H](C2CCCCC2)C(=O)N1)C(=O)C(=O)NCC(=O)N[C@H](C(=O)OC(C)(C)C)c1ccccc1.COC(=O)[C@H](Cc1cccc(O)c1)NC(=O)[C@@H](N)C1CCCCC1.Cl. The summed E-state index contributed by atoms with van der Waals surface area (Å²) in [5.74, 6) is -5.93. The lowest BCUT2D eigenvalue weighted by atomic mass is 9.83. The van der Waals surface area contributed by atoms with Crippen molar-refractivity contribution < 1.29 is 86.7 Å². The van der Waals surface area contributed by atoms with Crippen LogP contribution >= 0.6 is 12.4 Å². The Morgan fingerprint density at radius 1 is 0.617 bits per heavy atom. The highest BCUT2D eigenvalue weighted by atomic mass is 35.5. The quantitative estimate of drug-likeness (QED) is 0.00760. The Kier molecular flexibility index (Phi) is 42.6. The fourth-order valence-corrected chi connectivity index (χ4v) is 14.7. The van der Waals surface area contributed by atoms with E-state index in [1.54, 1.807) is 113 Å². The second-order valence-corrected chi connectivity index (χ2v) is 31.0. The number of hydrogen-bond acceptors (Lipinski definition) is 19. The van der Waals surface area contributed by atoms with E-state index in [0.29, 0.717) is 48.3 Å². The molecule has 0 saturated heterocycles. The highest BCUT2D eigenvalue weighted by Gasteiger charge is 2.38. The van der Waals surface area contributed by atoms with Crippen LogP contribution in [0.1, 0.15) is 223 Å². The third-order valence-electron chi connectivity index (χ3n) is 20.7. The molecule has 4 aliphatic rings. The van der Waals surface area contributed by atoms with Crippen LogP contribution in [0.4, 0.5) is 0 Å². The molecule has 0 aromatic heterocycles. The van der Waals surface area contributed by atoms with E-state index in [1.807, 2.05) is 24.3 Å². The second kappa shape index (κ2) is 51.1. The molecule has 8 atom stereocenters. The van der Waals surface area contributed by atoms with E-state index in [2.05, 4.69) is 49.1 Å². The standard InChI is InChI=1S/C44H61N5O9.C25H36N2O5.C18H26N2O4.ClH/c1-5-17-33(39(52)42(55)45-28-36(51)49-38(31-21-12-9-13-22-31)43(56)58-44(2,3)4)46-40(53)34-27-29-18-16-23-32(26-29)57-25-15-7-6-14-24-35(50)48-37(41(54)47-34)30-19-10-8-11-20-30;1-3-4-5-9-15-22(29)27-23(19-12-7-6-8-13-19)24(30)26-21(25(31)32-2)17-18-11-10-14-20(28)16-18;1-24-18(23)15(11-12-6-5-9-14(21)10-12)20-17(22)16(19)13-7-3-2-4-8-13;/h9,12-13,16,18,21-23,26,30,33-34,37-38H,5-8,10-11,14-15,17,19-20,24-25,27-28H2,1-4H3,(H,45,55)(H,46,53)(H,47,54)(H,48,50)(H,49,51);3,10-11,14,16,19,21,23,28H,1,4-9,12-13,15,17H2,2H3,(H,26,30)(H,27,29);5-6,9-10,13,15-16,21H,2-4,7-8,11,19H2,1H3,(H,20,22);1H/t33?,34-,37-,38-;21-,23-;15-,16-;/m000./s1. The number of allylic oxidation sites excluding steroid dienone is 1. The van der Waals surface area contributed by atoms with Gasteiger partial charge in [0.05, 0.1) is 39.5 Å². The summed E-state index contributed by atoms with van der Waals surface area (Å²) in [5, 5.41) is 41.1. The van der Waals surface area contributed by atoms with Crippen molar-refractivity contribution in [1.82, 2.24) is 42.5 Å². The van der Waals surface area contributed by atoms with Crippen molar-refractivity contribution in [3.8, 4) is 17.2 Å². The summed E-state index contributed by atoms with van der Waals surface area (Å²) in [6.45, 7) is 10.4. The van der Waals surface area contributed by atoms with Gasteiger partial charge in [0.15, 0.2) is 6.04 Å². The number of benzene rings is 4. The molecular formula is C87H124ClN9O18. The first-order valence-corrected chi connectivity index (χ1v) is 40.7. The van der Waals surface area contributed by atoms with Gasteiger partial charge in [-0.15, -0.1) is 19.0 Å². The van der Waals surface area contributed by atoms with Gasteiger partial charge >= 0.3 is 17.9 Å². The molecular weight excluding hydrogens is 1490 g/mol. The number of halogens is 1. The molecule has 1 unspecified atom stereocenters. The highest BCUT2D eigenvalue weighted by Crippen LogP contribution is 2.31. The molecule has 632 valence electrons. The zero-order valence-electron chi connectivity index (χ0n) is 67.8. The number of fused-ring (bicyclic) bond motifs is 2. The van der Waals surface area contributed by atoms with Crippen LogP contribution in [0, 0.1) is 17.8 Å². The van der Waals surface area contributed by atoms with Gasteiger partial charge < -0.3 is 77.4 Å². The largest absolute Gasteiger partial charge is 0.508 e. The lowest BCUT2D eigenvalue weighted by molar-refractivity contribution is -0.159. The van der Waals surface area contributed by atoms with Crippen molar-refractivity contribution in [3.63, 3.8) is 0 Å². The van der Waals surface area contributed by atoms with Crippen molar-refractivity contribution >= 4 is 83.4 Å². The Labute approximate surface area is 683 Å². The number of rotatable bonds is 30. The predicted octanol–water partition coefficient (Wildman–Crippen LogP) is 9.62. The van der Waals surface area contributed by atoms with Gasteiger partial charge in [-0.3, -0.25) is 43.2 Å². The van der Waals surface area contributed by atoms with Crippen LogP contribution in [0.5, 0.6) is 17.2 Å². The number of phenolic OH excluding ortho intramolecular Hbond substituents is 2. The van der Waals surface area contributed by atoms with E-state index < -0.39 is 108 Å². The smallest absolute Gasteiger partial charge is 0.333 e. The van der Waals surface area contributed by atoms with Gasteiger partial charge in [-0.25, -0.2) is 14.4 Å². The average molecular weight is 1620 g/mol. The minimum Gasteiger partial charge on any atom is -0.508 e. The normalized spacial score (nSPS) is 18.1. The molecule has 1 aliphatic heterocycles. The topological polar surface area (TPSA) is 404 Å². The van der Waals surface area contributed by atoms with Crippen molar-refractivity contribution in [2.45, 2.75) is 268 Å². The van der Waals surface area contributed by atoms with E-state index in [0.717, 1.165) is 134 Å². The Hall–Kier alpha value is -9.89. The molecule has 3 saturated carbocycles. The molecule has 8 amide bonds. The third kappa shape index (κ3) is 34.6. The Bertz CT molecular complexity index is 3780. The number of nitrogens with one attached hydrogen (secondary N) is 8. The van der Waals surface area contributed by atoms with Crippen molar-refractivity contribution in [3.05, 3.63) is 138 Å². The number of unbranched alkanes of at least 4 members (excludes halogenated alkanes) is 2. The van der Waals surface area contributed by atoms with Gasteiger partial charge in [-0.05, 0) is 174 Å². The number of ketones is 1. The minimum absolute atomic E-state index is 0. The lowest BCUT2D eigenvalue weighted by Crippen LogP contribution is -2.59. The molecule has 2 bridgehead atoms. The number of ether oxygens (including phenoxy) is 4. The van der Waals surface area contributed by atoms with E-state index >= 15 is 0 Å². The highest BCUT2D eigenvalue weighted by molar-refractivity contribution is 6.38. The van der Waals surface area contributed by atoms with Crippen molar-refractivity contribution in [1.29, 1.82) is 0 Å². The Balaban J connectivity index is 0.000000346. The molecule has 28 heteroatoms. The van der Waals surface area contributed by atoms with Crippen molar-refractivity contribution in [2.24, 2.45) is 23.5 Å². The van der Waals surface area contributed by atoms with Gasteiger partial charge in [0.2, 0.25) is 47.1 Å². The summed E-state index contributed by atoms with van der Waals surface area (Å²) in [7, 11) is 2.55. The maximum Gasteiger partial charge on any atom is 0.333 e. The number of methoxy groups -OCH3 is 2. The minimum atomic E-state index is -1.27. The molecule has 0 radical (unpaired) electrons. The zero-order valence-corrected chi connectivity index (χ0v) is 68.6. The number of carbonyl (C=O) groups is 12. The Morgan fingerprint density at radius 3 is 1.76 bits per heavy atom. The number of aromatic hydroxyl groups is 2. The van der Waals surface area contributed by atoms with E-state index in [4.69, 9.17) is 24.7 Å². The van der Waals surface area contributed by atoms with E-state index in [1.165, 1.54) is 20.6 Å². The molecule has 3 aliphatic carbocycles. The van der Waals surface area contributed by atoms with Gasteiger partial charge in [-0.1, -0.05) is 157 Å². The first kappa shape index (κ1) is 95.7. The zero-order chi connectivity index (χ0) is 83.0. The van der Waals surface area contributed by atoms with Gasteiger partial charge in [-0.2, -0.15) is 0 Å². The Morgan fingerprint density at radius 2 is 1.18 bits per heavy atom. The number of Topliss-reactive ketones (excluding diaryl/α,β-unsaturated/α-hetero) is 1. The fourth-order valence-electron chi connectivity index (χ4n) is 14.7. The maximum atomic E-state index is 14.1.